The molecule has 1 aromatic rings. The molecule has 2 nitrogen and oxygen atoms in total. The molecule has 0 radical (unpaired) electrons. The third kappa shape index (κ3) is 1.38. The van der Waals surface area contributed by atoms with E-state index in [4.69, 9.17) is 10.5 Å². The minimum atomic E-state index is -1.27. The summed E-state index contributed by atoms with van der Waals surface area (Å²) >= 11 is 0. The number of alkyl halides is 1. The Balaban J connectivity index is 2.32. The summed E-state index contributed by atoms with van der Waals surface area (Å²) in [5.74, 6) is 0.613. The van der Waals surface area contributed by atoms with E-state index in [1.54, 1.807) is 19.2 Å². The van der Waals surface area contributed by atoms with Gasteiger partial charge in [-0.15, -0.1) is 0 Å². The largest absolute Gasteiger partial charge is 0.496 e. The first kappa shape index (κ1) is 9.46. The van der Waals surface area contributed by atoms with Crippen LogP contribution in [0.5, 0.6) is 5.75 Å². The van der Waals surface area contributed by atoms with E-state index in [2.05, 4.69) is 0 Å². The van der Waals surface area contributed by atoms with Crippen LogP contribution in [0.4, 0.5) is 4.39 Å². The van der Waals surface area contributed by atoms with Crippen LogP contribution in [0.25, 0.3) is 0 Å². The van der Waals surface area contributed by atoms with Gasteiger partial charge in [-0.1, -0.05) is 18.2 Å². The van der Waals surface area contributed by atoms with Crippen molar-refractivity contribution in [2.24, 2.45) is 5.73 Å². The average Bonchev–Trinajstić information content (AvgIpc) is 2.15. The Morgan fingerprint density at radius 3 is 2.64 bits per heavy atom. The Labute approximate surface area is 82.9 Å². The smallest absolute Gasteiger partial charge is 0.142 e. The highest BCUT2D eigenvalue weighted by atomic mass is 19.1. The number of nitrogens with two attached hydrogens (primary N) is 1. The standard InChI is InChI=1S/C11H14FNO/c1-14-10-5-3-2-4-9(10)11(12)6-8(13)7-11/h2-5,8H,6-7,13H2,1H3. The Kier molecular flexibility index (Phi) is 2.19. The summed E-state index contributed by atoms with van der Waals surface area (Å²) < 4.78 is 19.3. The van der Waals surface area contributed by atoms with Crippen molar-refractivity contribution < 1.29 is 9.13 Å². The van der Waals surface area contributed by atoms with Crippen molar-refractivity contribution in [1.29, 1.82) is 0 Å². The molecule has 0 saturated heterocycles. The Bertz CT molecular complexity index is 334. The van der Waals surface area contributed by atoms with Gasteiger partial charge in [0.1, 0.15) is 11.4 Å². The summed E-state index contributed by atoms with van der Waals surface area (Å²) in [6, 6.07) is 7.20. The number of halogens is 1. The third-order valence-corrected chi connectivity index (χ3v) is 2.76. The molecule has 3 heteroatoms. The fraction of sp³-hybridized carbons (Fsp3) is 0.455. The second-order valence-corrected chi connectivity index (χ2v) is 3.83. The van der Waals surface area contributed by atoms with Gasteiger partial charge >= 0.3 is 0 Å². The molecule has 1 aliphatic rings. The highest BCUT2D eigenvalue weighted by Crippen LogP contribution is 2.47. The van der Waals surface area contributed by atoms with Gasteiger partial charge in [0, 0.05) is 24.4 Å². The highest BCUT2D eigenvalue weighted by molar-refractivity contribution is 5.39. The van der Waals surface area contributed by atoms with E-state index in [9.17, 15) is 4.39 Å². The number of ether oxygens (including phenoxy) is 1. The SMILES string of the molecule is COc1ccccc1C1(F)CC(N)C1. The minimum absolute atomic E-state index is 0.00934. The molecule has 0 bridgehead atoms. The van der Waals surface area contributed by atoms with Crippen LogP contribution < -0.4 is 10.5 Å². The van der Waals surface area contributed by atoms with Gasteiger partial charge < -0.3 is 10.5 Å². The molecule has 0 atom stereocenters. The zero-order valence-corrected chi connectivity index (χ0v) is 8.16. The predicted octanol–water partition coefficient (Wildman–Crippen LogP) is 1.98. The van der Waals surface area contributed by atoms with Crippen LogP contribution in [0.2, 0.25) is 0 Å². The van der Waals surface area contributed by atoms with E-state index in [0.29, 0.717) is 24.2 Å². The molecule has 1 saturated carbocycles. The lowest BCUT2D eigenvalue weighted by atomic mass is 9.73. The molecule has 2 N–H and O–H groups in total. The molecular weight excluding hydrogens is 181 g/mol. The van der Waals surface area contributed by atoms with Crippen LogP contribution in [-0.4, -0.2) is 13.2 Å². The van der Waals surface area contributed by atoms with Gasteiger partial charge in [-0.25, -0.2) is 4.39 Å². The summed E-state index contributed by atoms with van der Waals surface area (Å²) in [6.07, 6.45) is 0.792. The lowest BCUT2D eigenvalue weighted by molar-refractivity contribution is 0.0381. The van der Waals surface area contributed by atoms with Crippen LogP contribution >= 0.6 is 0 Å². The summed E-state index contributed by atoms with van der Waals surface area (Å²) in [5.41, 5.74) is 4.96. The van der Waals surface area contributed by atoms with Crippen molar-refractivity contribution in [3.05, 3.63) is 29.8 Å². The van der Waals surface area contributed by atoms with Gasteiger partial charge in [0.05, 0.1) is 7.11 Å². The quantitative estimate of drug-likeness (QED) is 0.783. The second kappa shape index (κ2) is 3.24. The van der Waals surface area contributed by atoms with Gasteiger partial charge in [-0.3, -0.25) is 0 Å². The second-order valence-electron chi connectivity index (χ2n) is 3.83. The van der Waals surface area contributed by atoms with Crippen molar-refractivity contribution in [3.8, 4) is 5.75 Å². The van der Waals surface area contributed by atoms with Crippen molar-refractivity contribution in [2.45, 2.75) is 24.6 Å². The van der Waals surface area contributed by atoms with E-state index < -0.39 is 5.67 Å². The predicted molar refractivity (Wildman–Crippen MR) is 53.0 cm³/mol. The van der Waals surface area contributed by atoms with Gasteiger partial charge in [0.25, 0.3) is 0 Å². The Morgan fingerprint density at radius 2 is 2.07 bits per heavy atom. The molecule has 0 unspecified atom stereocenters. The van der Waals surface area contributed by atoms with Crippen molar-refractivity contribution >= 4 is 0 Å². The first-order valence-corrected chi connectivity index (χ1v) is 4.74. The highest BCUT2D eigenvalue weighted by Gasteiger charge is 2.46. The number of rotatable bonds is 2. The van der Waals surface area contributed by atoms with Gasteiger partial charge in [0.15, 0.2) is 0 Å². The van der Waals surface area contributed by atoms with Crippen LogP contribution in [0.3, 0.4) is 0 Å². The van der Waals surface area contributed by atoms with Crippen molar-refractivity contribution in [3.63, 3.8) is 0 Å². The normalized spacial score (nSPS) is 30.9. The molecule has 0 spiro atoms. The molecule has 0 amide bonds. The number of benzene rings is 1. The molecular formula is C11H14FNO. The number of methoxy groups -OCH3 is 1. The molecule has 0 aliphatic heterocycles. The molecule has 1 fully saturated rings. The first-order valence-electron chi connectivity index (χ1n) is 4.74. The molecule has 14 heavy (non-hydrogen) atoms. The van der Waals surface area contributed by atoms with Crippen LogP contribution in [0.15, 0.2) is 24.3 Å². The topological polar surface area (TPSA) is 35.2 Å². The molecule has 2 rings (SSSR count). The molecule has 0 heterocycles. The summed E-state index contributed by atoms with van der Waals surface area (Å²) in [4.78, 5) is 0. The van der Waals surface area contributed by atoms with Crippen molar-refractivity contribution in [2.75, 3.05) is 7.11 Å². The maximum absolute atomic E-state index is 14.2. The van der Waals surface area contributed by atoms with E-state index in [1.165, 1.54) is 0 Å². The Morgan fingerprint density at radius 1 is 1.43 bits per heavy atom. The zero-order chi connectivity index (χ0) is 10.2. The van der Waals surface area contributed by atoms with Gasteiger partial charge in [-0.2, -0.15) is 0 Å². The number of para-hydroxylation sites is 1. The van der Waals surface area contributed by atoms with E-state index >= 15 is 0 Å². The summed E-state index contributed by atoms with van der Waals surface area (Å²) in [5, 5.41) is 0. The number of hydrogen-bond donors (Lipinski definition) is 1. The number of hydrogen-bond acceptors (Lipinski definition) is 2. The zero-order valence-electron chi connectivity index (χ0n) is 8.16. The molecule has 1 aliphatic carbocycles. The maximum atomic E-state index is 14.2. The average molecular weight is 195 g/mol. The lowest BCUT2D eigenvalue weighted by Crippen LogP contribution is -2.46. The van der Waals surface area contributed by atoms with E-state index in [0.717, 1.165) is 0 Å². The first-order chi connectivity index (χ1) is 6.65. The maximum Gasteiger partial charge on any atom is 0.142 e. The van der Waals surface area contributed by atoms with Crippen LogP contribution in [0.1, 0.15) is 18.4 Å². The lowest BCUT2D eigenvalue weighted by Gasteiger charge is -2.40. The van der Waals surface area contributed by atoms with Crippen LogP contribution in [-0.2, 0) is 5.67 Å². The molecule has 76 valence electrons. The fourth-order valence-corrected chi connectivity index (χ4v) is 2.01. The summed E-state index contributed by atoms with van der Waals surface area (Å²) in [7, 11) is 1.56. The van der Waals surface area contributed by atoms with Gasteiger partial charge in [0.2, 0.25) is 0 Å². The fourth-order valence-electron chi connectivity index (χ4n) is 2.01. The monoisotopic (exact) mass is 195 g/mol. The third-order valence-electron chi connectivity index (χ3n) is 2.76. The molecule has 0 aromatic heterocycles. The van der Waals surface area contributed by atoms with Gasteiger partial charge in [-0.05, 0) is 6.07 Å². The minimum Gasteiger partial charge on any atom is -0.496 e. The van der Waals surface area contributed by atoms with E-state index in [1.807, 2.05) is 12.1 Å². The summed E-state index contributed by atoms with van der Waals surface area (Å²) in [6.45, 7) is 0. The molecule has 1 aromatic carbocycles. The Hall–Kier alpha value is -1.09. The van der Waals surface area contributed by atoms with Crippen LogP contribution in [0, 0.1) is 0 Å². The van der Waals surface area contributed by atoms with E-state index in [-0.39, 0.29) is 6.04 Å². The van der Waals surface area contributed by atoms with Crippen molar-refractivity contribution in [1.82, 2.24) is 0 Å².